The molecule has 20 heavy (non-hydrogen) atoms. The fourth-order valence-electron chi connectivity index (χ4n) is 1.72. The van der Waals surface area contributed by atoms with Gasteiger partial charge in [-0.15, -0.1) is 11.8 Å². The van der Waals surface area contributed by atoms with Gasteiger partial charge >= 0.3 is 0 Å². The Labute approximate surface area is 130 Å². The maximum Gasteiger partial charge on any atom is 0.126 e. The predicted molar refractivity (Wildman–Crippen MR) is 88.8 cm³/mol. The molecule has 0 radical (unpaired) electrons. The van der Waals surface area contributed by atoms with Crippen molar-refractivity contribution in [2.24, 2.45) is 0 Å². The summed E-state index contributed by atoms with van der Waals surface area (Å²) < 4.78 is 0. The summed E-state index contributed by atoms with van der Waals surface area (Å²) in [5.74, 6) is 1.68. The molecule has 1 N–H and O–H groups in total. The summed E-state index contributed by atoms with van der Waals surface area (Å²) >= 11 is 7.97. The van der Waals surface area contributed by atoms with Gasteiger partial charge in [0.2, 0.25) is 0 Å². The molecule has 0 bridgehead atoms. The second-order valence-electron chi connectivity index (χ2n) is 4.65. The molecule has 4 heteroatoms. The number of nitrogens with one attached hydrogen (secondary N) is 1. The summed E-state index contributed by atoms with van der Waals surface area (Å²) in [4.78, 5) is 5.82. The summed E-state index contributed by atoms with van der Waals surface area (Å²) in [5.41, 5.74) is 2.20. The number of halogens is 1. The van der Waals surface area contributed by atoms with Crippen LogP contribution >= 0.6 is 23.4 Å². The lowest BCUT2D eigenvalue weighted by Crippen LogP contribution is -2.03. The van der Waals surface area contributed by atoms with Gasteiger partial charge in [0.05, 0.1) is 10.7 Å². The summed E-state index contributed by atoms with van der Waals surface area (Å²) in [6, 6.07) is 12.4. The molecule has 0 aliphatic rings. The number of anilines is 1. The Morgan fingerprint density at radius 2 is 1.90 bits per heavy atom. The lowest BCUT2D eigenvalue weighted by atomic mass is 10.2. The molecular formula is C16H19ClN2S. The molecule has 0 aliphatic carbocycles. The number of aryl methyl sites for hydroxylation is 1. The number of hydrogen-bond acceptors (Lipinski definition) is 3. The molecule has 0 amide bonds. The van der Waals surface area contributed by atoms with Crippen LogP contribution in [0.3, 0.4) is 0 Å². The van der Waals surface area contributed by atoms with E-state index >= 15 is 0 Å². The van der Waals surface area contributed by atoms with Gasteiger partial charge < -0.3 is 5.32 Å². The van der Waals surface area contributed by atoms with Gasteiger partial charge in [0, 0.05) is 17.2 Å². The van der Waals surface area contributed by atoms with Crippen molar-refractivity contribution in [2.45, 2.75) is 30.9 Å². The fourth-order valence-corrected chi connectivity index (χ4v) is 2.83. The largest absolute Gasteiger partial charge is 0.370 e. The third-order valence-corrected chi connectivity index (χ3v) is 4.24. The Balaban J connectivity index is 2.02. The zero-order valence-electron chi connectivity index (χ0n) is 11.8. The average Bonchev–Trinajstić information content (AvgIpc) is 2.46. The van der Waals surface area contributed by atoms with E-state index in [1.54, 1.807) is 11.8 Å². The van der Waals surface area contributed by atoms with Gasteiger partial charge in [-0.05, 0) is 37.6 Å². The van der Waals surface area contributed by atoms with Crippen LogP contribution in [-0.4, -0.2) is 11.5 Å². The van der Waals surface area contributed by atoms with Crippen LogP contribution in [0.5, 0.6) is 0 Å². The van der Waals surface area contributed by atoms with Crippen LogP contribution in [0.25, 0.3) is 0 Å². The van der Waals surface area contributed by atoms with Gasteiger partial charge in [0.25, 0.3) is 0 Å². The van der Waals surface area contributed by atoms with E-state index in [0.717, 1.165) is 35.3 Å². The lowest BCUT2D eigenvalue weighted by molar-refractivity contribution is 0.965. The van der Waals surface area contributed by atoms with Crippen LogP contribution in [-0.2, 0) is 5.75 Å². The summed E-state index contributed by atoms with van der Waals surface area (Å²) in [5, 5.41) is 4.02. The number of rotatable bonds is 6. The minimum absolute atomic E-state index is 0.728. The van der Waals surface area contributed by atoms with Crippen molar-refractivity contribution in [3.8, 4) is 0 Å². The number of aromatic nitrogens is 1. The maximum atomic E-state index is 6.22. The number of thioether (sulfide) groups is 1. The number of benzene rings is 1. The zero-order valence-corrected chi connectivity index (χ0v) is 13.4. The van der Waals surface area contributed by atoms with Crippen LogP contribution < -0.4 is 5.32 Å². The molecule has 0 atom stereocenters. The molecule has 0 unspecified atom stereocenters. The molecule has 0 saturated carbocycles. The second-order valence-corrected chi connectivity index (χ2v) is 6.11. The first-order chi connectivity index (χ1) is 9.69. The molecular weight excluding hydrogens is 288 g/mol. The van der Waals surface area contributed by atoms with Crippen molar-refractivity contribution >= 4 is 29.2 Å². The van der Waals surface area contributed by atoms with E-state index in [4.69, 9.17) is 11.6 Å². The molecule has 1 aromatic heterocycles. The van der Waals surface area contributed by atoms with Gasteiger partial charge in [-0.2, -0.15) is 0 Å². The molecule has 1 aromatic carbocycles. The van der Waals surface area contributed by atoms with E-state index in [0.29, 0.717) is 0 Å². The highest BCUT2D eigenvalue weighted by Crippen LogP contribution is 2.26. The van der Waals surface area contributed by atoms with Crippen molar-refractivity contribution in [3.05, 3.63) is 52.7 Å². The maximum absolute atomic E-state index is 6.22. The van der Waals surface area contributed by atoms with Gasteiger partial charge in [0.15, 0.2) is 0 Å². The number of hydrogen-bond donors (Lipinski definition) is 1. The molecule has 0 aliphatic heterocycles. The molecule has 1 heterocycles. The quantitative estimate of drug-likeness (QED) is 0.746. The predicted octanol–water partition coefficient (Wildman–Crippen LogP) is 5.16. The third kappa shape index (κ3) is 4.43. The van der Waals surface area contributed by atoms with E-state index in [9.17, 15) is 0 Å². The summed E-state index contributed by atoms with van der Waals surface area (Å²) in [7, 11) is 0. The Kier molecular flexibility index (Phi) is 5.74. The molecule has 0 fully saturated rings. The standard InChI is InChI=1S/C16H19ClN2S/c1-3-10-18-16-9-8-14(17)15(19-16)11-20-13-6-4-12(2)5-7-13/h4-9H,3,10-11H2,1-2H3,(H,18,19). The van der Waals surface area contributed by atoms with Crippen LogP contribution in [0, 0.1) is 6.92 Å². The lowest BCUT2D eigenvalue weighted by Gasteiger charge is -2.08. The first kappa shape index (κ1) is 15.2. The molecule has 106 valence electrons. The molecule has 2 aromatic rings. The second kappa shape index (κ2) is 7.55. The van der Waals surface area contributed by atoms with E-state index in [1.807, 2.05) is 12.1 Å². The van der Waals surface area contributed by atoms with Crippen molar-refractivity contribution in [1.29, 1.82) is 0 Å². The van der Waals surface area contributed by atoms with Crippen LogP contribution in [0.2, 0.25) is 5.02 Å². The Morgan fingerprint density at radius 1 is 1.15 bits per heavy atom. The van der Waals surface area contributed by atoms with Crippen LogP contribution in [0.4, 0.5) is 5.82 Å². The van der Waals surface area contributed by atoms with Crippen LogP contribution in [0.1, 0.15) is 24.6 Å². The van der Waals surface area contributed by atoms with Crippen LogP contribution in [0.15, 0.2) is 41.3 Å². The van der Waals surface area contributed by atoms with Gasteiger partial charge in [-0.25, -0.2) is 4.98 Å². The topological polar surface area (TPSA) is 24.9 Å². The zero-order chi connectivity index (χ0) is 14.4. The Bertz CT molecular complexity index is 555. The van der Waals surface area contributed by atoms with E-state index < -0.39 is 0 Å². The minimum Gasteiger partial charge on any atom is -0.370 e. The molecule has 2 nitrogen and oxygen atoms in total. The highest BCUT2D eigenvalue weighted by molar-refractivity contribution is 7.98. The van der Waals surface area contributed by atoms with Crippen molar-refractivity contribution in [3.63, 3.8) is 0 Å². The van der Waals surface area contributed by atoms with E-state index in [1.165, 1.54) is 10.5 Å². The molecule has 0 spiro atoms. The average molecular weight is 307 g/mol. The Morgan fingerprint density at radius 3 is 2.60 bits per heavy atom. The molecule has 2 rings (SSSR count). The summed E-state index contributed by atoms with van der Waals surface area (Å²) in [6.45, 7) is 5.16. The van der Waals surface area contributed by atoms with Crippen molar-refractivity contribution in [2.75, 3.05) is 11.9 Å². The van der Waals surface area contributed by atoms with Gasteiger partial charge in [-0.3, -0.25) is 0 Å². The van der Waals surface area contributed by atoms with Crippen molar-refractivity contribution in [1.82, 2.24) is 4.98 Å². The van der Waals surface area contributed by atoms with Gasteiger partial charge in [0.1, 0.15) is 5.82 Å². The SMILES string of the molecule is CCCNc1ccc(Cl)c(CSc2ccc(C)cc2)n1. The minimum atomic E-state index is 0.728. The molecule has 0 saturated heterocycles. The van der Waals surface area contributed by atoms with Crippen molar-refractivity contribution < 1.29 is 0 Å². The monoisotopic (exact) mass is 306 g/mol. The smallest absolute Gasteiger partial charge is 0.126 e. The fraction of sp³-hybridized carbons (Fsp3) is 0.312. The van der Waals surface area contributed by atoms with E-state index in [-0.39, 0.29) is 0 Å². The highest BCUT2D eigenvalue weighted by atomic mass is 35.5. The Hall–Kier alpha value is -1.19. The first-order valence-corrected chi connectivity index (χ1v) is 8.14. The highest BCUT2D eigenvalue weighted by Gasteiger charge is 2.05. The number of pyridine rings is 1. The first-order valence-electron chi connectivity index (χ1n) is 6.78. The van der Waals surface area contributed by atoms with E-state index in [2.05, 4.69) is 48.4 Å². The summed E-state index contributed by atoms with van der Waals surface area (Å²) in [6.07, 6.45) is 1.08. The number of nitrogens with zero attached hydrogens (tertiary/aromatic N) is 1. The van der Waals surface area contributed by atoms with Gasteiger partial charge in [-0.1, -0.05) is 36.2 Å². The third-order valence-electron chi connectivity index (χ3n) is 2.87. The normalized spacial score (nSPS) is 10.6.